The molecule has 0 atom stereocenters. The van der Waals surface area contributed by atoms with E-state index in [1.165, 1.54) is 0 Å². The topological polar surface area (TPSA) is 43.4 Å². The van der Waals surface area contributed by atoms with E-state index in [1.54, 1.807) is 6.20 Å². The molecule has 0 saturated carbocycles. The Morgan fingerprint density at radius 1 is 1.10 bits per heavy atom. The second kappa shape index (κ2) is 7.31. The van der Waals surface area contributed by atoms with E-state index in [2.05, 4.69) is 26.2 Å². The summed E-state index contributed by atoms with van der Waals surface area (Å²) in [6, 6.07) is 7.77. The summed E-state index contributed by atoms with van der Waals surface area (Å²) >= 11 is 3.45. The summed E-state index contributed by atoms with van der Waals surface area (Å²) in [5.74, 6) is 2.28. The fourth-order valence-corrected chi connectivity index (χ4v) is 2.10. The molecule has 2 rings (SSSR count). The summed E-state index contributed by atoms with van der Waals surface area (Å²) < 4.78 is 12.2. The lowest BCUT2D eigenvalue weighted by Crippen LogP contribution is -2.00. The van der Waals surface area contributed by atoms with Gasteiger partial charge in [-0.25, -0.2) is 4.98 Å². The molecule has 21 heavy (non-hydrogen) atoms. The highest BCUT2D eigenvalue weighted by molar-refractivity contribution is 9.10. The molecule has 0 radical (unpaired) electrons. The van der Waals surface area contributed by atoms with Crippen LogP contribution in [-0.4, -0.2) is 18.2 Å². The molecule has 0 bridgehead atoms. The highest BCUT2D eigenvalue weighted by atomic mass is 79.9. The molecule has 5 heteroatoms. The van der Waals surface area contributed by atoms with Gasteiger partial charge in [0.15, 0.2) is 11.5 Å². The molecule has 0 aliphatic heterocycles. The molecule has 0 fully saturated rings. The van der Waals surface area contributed by atoms with Crippen molar-refractivity contribution in [1.29, 1.82) is 0 Å². The molecule has 4 nitrogen and oxygen atoms in total. The fraction of sp³-hybridized carbons (Fsp3) is 0.312. The molecule has 1 N–H and O–H groups in total. The monoisotopic (exact) mass is 350 g/mol. The Morgan fingerprint density at radius 3 is 2.48 bits per heavy atom. The third-order valence-corrected chi connectivity index (χ3v) is 3.69. The number of anilines is 2. The lowest BCUT2D eigenvalue weighted by Gasteiger charge is -2.13. The first kappa shape index (κ1) is 15.6. The maximum Gasteiger partial charge on any atom is 0.163 e. The third-order valence-electron chi connectivity index (χ3n) is 2.86. The minimum Gasteiger partial charge on any atom is -0.490 e. The highest BCUT2D eigenvalue weighted by Crippen LogP contribution is 2.32. The second-order valence-corrected chi connectivity index (χ2v) is 5.33. The molecule has 0 unspecified atom stereocenters. The quantitative estimate of drug-likeness (QED) is 0.820. The summed E-state index contributed by atoms with van der Waals surface area (Å²) in [6.07, 6.45) is 1.79. The molecule has 1 heterocycles. The number of aryl methyl sites for hydroxylation is 1. The van der Waals surface area contributed by atoms with Crippen LogP contribution >= 0.6 is 15.9 Å². The predicted molar refractivity (Wildman–Crippen MR) is 88.7 cm³/mol. The van der Waals surface area contributed by atoms with Gasteiger partial charge in [0.2, 0.25) is 0 Å². The number of hydrogen-bond donors (Lipinski definition) is 1. The van der Waals surface area contributed by atoms with Crippen LogP contribution in [0.2, 0.25) is 0 Å². The lowest BCUT2D eigenvalue weighted by molar-refractivity contribution is 0.288. The van der Waals surface area contributed by atoms with Crippen LogP contribution in [0, 0.1) is 6.92 Å². The van der Waals surface area contributed by atoms with Crippen LogP contribution in [0.25, 0.3) is 0 Å². The molecule has 1 aromatic carbocycles. The third kappa shape index (κ3) is 4.11. The van der Waals surface area contributed by atoms with Crippen LogP contribution in [0.5, 0.6) is 11.5 Å². The molecule has 0 amide bonds. The van der Waals surface area contributed by atoms with E-state index >= 15 is 0 Å². The first-order valence-electron chi connectivity index (χ1n) is 6.92. The molecule has 112 valence electrons. The van der Waals surface area contributed by atoms with Crippen molar-refractivity contribution in [2.45, 2.75) is 20.8 Å². The van der Waals surface area contributed by atoms with Gasteiger partial charge in [-0.3, -0.25) is 0 Å². The van der Waals surface area contributed by atoms with Gasteiger partial charge in [-0.2, -0.15) is 0 Å². The number of rotatable bonds is 6. The van der Waals surface area contributed by atoms with Gasteiger partial charge in [0.25, 0.3) is 0 Å². The number of aromatic nitrogens is 1. The minimum atomic E-state index is 0.596. The number of ether oxygens (including phenoxy) is 2. The van der Waals surface area contributed by atoms with Gasteiger partial charge in [0.1, 0.15) is 5.82 Å². The number of halogens is 1. The van der Waals surface area contributed by atoms with E-state index in [1.807, 2.05) is 45.0 Å². The summed E-state index contributed by atoms with van der Waals surface area (Å²) in [5.41, 5.74) is 2.04. The van der Waals surface area contributed by atoms with Crippen molar-refractivity contribution in [3.63, 3.8) is 0 Å². The molecular formula is C16H19BrN2O2. The van der Waals surface area contributed by atoms with Gasteiger partial charge in [0.05, 0.1) is 13.2 Å². The number of nitrogens with zero attached hydrogens (tertiary/aromatic N) is 1. The standard InChI is InChI=1S/C16H19BrN2O2/c1-4-20-14-7-6-12(9-15(14)21-5-2)19-16-8-11(3)13(17)10-18-16/h6-10H,4-5H2,1-3H3,(H,18,19). The Balaban J connectivity index is 2.23. The Morgan fingerprint density at radius 2 is 1.81 bits per heavy atom. The first-order valence-corrected chi connectivity index (χ1v) is 7.72. The Hall–Kier alpha value is -1.75. The van der Waals surface area contributed by atoms with Crippen LogP contribution in [0.15, 0.2) is 34.9 Å². The van der Waals surface area contributed by atoms with Crippen molar-refractivity contribution in [3.05, 3.63) is 40.5 Å². The van der Waals surface area contributed by atoms with Gasteiger partial charge in [-0.1, -0.05) is 0 Å². The molecule has 0 saturated heterocycles. The van der Waals surface area contributed by atoms with Crippen LogP contribution in [-0.2, 0) is 0 Å². The van der Waals surface area contributed by atoms with Crippen LogP contribution in [0.3, 0.4) is 0 Å². The van der Waals surface area contributed by atoms with Crippen molar-refractivity contribution >= 4 is 27.4 Å². The van der Waals surface area contributed by atoms with E-state index in [4.69, 9.17) is 9.47 Å². The van der Waals surface area contributed by atoms with E-state index in [-0.39, 0.29) is 0 Å². The van der Waals surface area contributed by atoms with Crippen LogP contribution in [0.1, 0.15) is 19.4 Å². The summed E-state index contributed by atoms with van der Waals surface area (Å²) in [4.78, 5) is 4.34. The zero-order valence-electron chi connectivity index (χ0n) is 12.4. The maximum absolute atomic E-state index is 5.62. The second-order valence-electron chi connectivity index (χ2n) is 4.47. The van der Waals surface area contributed by atoms with E-state index in [9.17, 15) is 0 Å². The smallest absolute Gasteiger partial charge is 0.163 e. The Labute approximate surface area is 133 Å². The zero-order valence-corrected chi connectivity index (χ0v) is 14.0. The van der Waals surface area contributed by atoms with Gasteiger partial charge in [0, 0.05) is 22.4 Å². The maximum atomic E-state index is 5.62. The number of pyridine rings is 1. The van der Waals surface area contributed by atoms with Crippen molar-refractivity contribution < 1.29 is 9.47 Å². The Kier molecular flexibility index (Phi) is 5.44. The van der Waals surface area contributed by atoms with Crippen molar-refractivity contribution in [2.24, 2.45) is 0 Å². The molecule has 2 aromatic rings. The van der Waals surface area contributed by atoms with E-state index in [0.717, 1.165) is 33.0 Å². The van der Waals surface area contributed by atoms with Gasteiger partial charge >= 0.3 is 0 Å². The summed E-state index contributed by atoms with van der Waals surface area (Å²) in [7, 11) is 0. The normalized spacial score (nSPS) is 10.3. The van der Waals surface area contributed by atoms with Gasteiger partial charge in [-0.15, -0.1) is 0 Å². The van der Waals surface area contributed by atoms with E-state index < -0.39 is 0 Å². The molecule has 0 aliphatic rings. The first-order chi connectivity index (χ1) is 10.1. The SMILES string of the molecule is CCOc1ccc(Nc2cc(C)c(Br)cn2)cc1OCC. The number of hydrogen-bond acceptors (Lipinski definition) is 4. The lowest BCUT2D eigenvalue weighted by atomic mass is 10.2. The van der Waals surface area contributed by atoms with Crippen molar-refractivity contribution in [2.75, 3.05) is 18.5 Å². The molecule has 0 aliphatic carbocycles. The molecular weight excluding hydrogens is 332 g/mol. The van der Waals surface area contributed by atoms with Gasteiger partial charge < -0.3 is 14.8 Å². The number of nitrogens with one attached hydrogen (secondary N) is 1. The molecule has 1 aromatic heterocycles. The van der Waals surface area contributed by atoms with Gasteiger partial charge in [-0.05, 0) is 60.5 Å². The molecule has 0 spiro atoms. The largest absolute Gasteiger partial charge is 0.490 e. The highest BCUT2D eigenvalue weighted by Gasteiger charge is 2.07. The summed E-state index contributed by atoms with van der Waals surface area (Å²) in [6.45, 7) is 7.14. The van der Waals surface area contributed by atoms with Crippen LogP contribution < -0.4 is 14.8 Å². The van der Waals surface area contributed by atoms with Crippen molar-refractivity contribution in [1.82, 2.24) is 4.98 Å². The van der Waals surface area contributed by atoms with Crippen LogP contribution in [0.4, 0.5) is 11.5 Å². The Bertz CT molecular complexity index is 617. The average Bonchev–Trinajstić information content (AvgIpc) is 2.46. The number of benzene rings is 1. The fourth-order valence-electron chi connectivity index (χ4n) is 1.88. The van der Waals surface area contributed by atoms with E-state index in [0.29, 0.717) is 13.2 Å². The average molecular weight is 351 g/mol. The predicted octanol–water partition coefficient (Wildman–Crippen LogP) is 4.69. The zero-order chi connectivity index (χ0) is 15.2. The summed E-state index contributed by atoms with van der Waals surface area (Å²) in [5, 5.41) is 3.27. The minimum absolute atomic E-state index is 0.596. The van der Waals surface area contributed by atoms with Crippen molar-refractivity contribution in [3.8, 4) is 11.5 Å².